The Morgan fingerprint density at radius 2 is 1.96 bits per heavy atom. The van der Waals surface area contributed by atoms with E-state index in [-0.39, 0.29) is 24.0 Å². The molecule has 0 saturated heterocycles. The van der Waals surface area contributed by atoms with Crippen molar-refractivity contribution in [2.45, 2.75) is 32.4 Å². The van der Waals surface area contributed by atoms with Crippen LogP contribution in [-0.4, -0.2) is 50.9 Å². The molecule has 0 radical (unpaired) electrons. The van der Waals surface area contributed by atoms with Gasteiger partial charge in [-0.25, -0.2) is 4.99 Å². The van der Waals surface area contributed by atoms with E-state index in [1.165, 1.54) is 0 Å². The maximum atomic E-state index is 10.8. The molecule has 7 nitrogen and oxygen atoms in total. The van der Waals surface area contributed by atoms with Crippen molar-refractivity contribution in [2.75, 3.05) is 25.1 Å². The van der Waals surface area contributed by atoms with Crippen molar-refractivity contribution in [3.63, 3.8) is 0 Å². The van der Waals surface area contributed by atoms with Crippen molar-refractivity contribution in [3.05, 3.63) is 47.5 Å². The van der Waals surface area contributed by atoms with Crippen LogP contribution < -0.4 is 10.6 Å². The van der Waals surface area contributed by atoms with Crippen molar-refractivity contribution in [1.82, 2.24) is 25.4 Å². The van der Waals surface area contributed by atoms with Gasteiger partial charge in [0.25, 0.3) is 0 Å². The summed E-state index contributed by atoms with van der Waals surface area (Å²) in [5.74, 6) is 3.40. The number of hydrogen-bond donors (Lipinski definition) is 3. The van der Waals surface area contributed by atoms with Gasteiger partial charge in [-0.3, -0.25) is 0 Å². The van der Waals surface area contributed by atoms with Gasteiger partial charge in [0.05, 0.1) is 6.54 Å². The molecular weight excluding hydrogens is 487 g/mol. The summed E-state index contributed by atoms with van der Waals surface area (Å²) in [6.07, 6.45) is 3.14. The molecule has 0 amide bonds. The minimum absolute atomic E-state index is 0. The van der Waals surface area contributed by atoms with Crippen LogP contribution in [0.5, 0.6) is 0 Å². The number of thioether (sulfide) groups is 1. The Kier molecular flexibility index (Phi) is 10.8. The summed E-state index contributed by atoms with van der Waals surface area (Å²) < 4.78 is 1.93. The van der Waals surface area contributed by atoms with E-state index in [4.69, 9.17) is 0 Å². The number of hydrogen-bond acceptors (Lipinski definition) is 5. The van der Waals surface area contributed by atoms with E-state index < -0.39 is 5.60 Å². The summed E-state index contributed by atoms with van der Waals surface area (Å²) >= 11 is 1.82. The van der Waals surface area contributed by atoms with E-state index in [1.807, 2.05) is 60.6 Å². The molecule has 156 valence electrons. The van der Waals surface area contributed by atoms with Gasteiger partial charge < -0.3 is 20.3 Å². The molecule has 1 heterocycles. The molecule has 3 N–H and O–H groups in total. The Morgan fingerprint density at radius 3 is 2.57 bits per heavy atom. The first-order chi connectivity index (χ1) is 12.9. The van der Waals surface area contributed by atoms with Crippen LogP contribution in [0.3, 0.4) is 0 Å². The first-order valence-corrected chi connectivity index (χ1v) is 10.5. The fourth-order valence-electron chi connectivity index (χ4n) is 2.49. The average molecular weight is 518 g/mol. The number of aliphatic hydroxyl groups is 1. The smallest absolute Gasteiger partial charge is 0.191 e. The Morgan fingerprint density at radius 1 is 1.25 bits per heavy atom. The molecule has 1 unspecified atom stereocenters. The Bertz CT molecular complexity index is 735. The maximum absolute atomic E-state index is 10.8. The van der Waals surface area contributed by atoms with Gasteiger partial charge in [-0.15, -0.1) is 34.2 Å². The van der Waals surface area contributed by atoms with Gasteiger partial charge >= 0.3 is 0 Å². The second-order valence-electron chi connectivity index (χ2n) is 6.65. The van der Waals surface area contributed by atoms with Crippen molar-refractivity contribution in [3.8, 4) is 0 Å². The fourth-order valence-corrected chi connectivity index (χ4v) is 2.92. The SMILES string of the molecule is CSCCCNC(=NCc1nnc(C)n1C)NCC(C)(O)c1ccccc1.I. The standard InChI is InChI=1S/C19H30N6OS.HI/c1-15-23-24-17(25(15)3)13-21-18(20-11-8-12-27-4)22-14-19(2,26)16-9-6-5-7-10-16;/h5-7,9-10,26H,8,11-14H2,1-4H3,(H2,20,21,22);1H. The van der Waals surface area contributed by atoms with Crippen LogP contribution >= 0.6 is 35.7 Å². The van der Waals surface area contributed by atoms with Gasteiger partial charge in [-0.05, 0) is 37.8 Å². The van der Waals surface area contributed by atoms with Crippen LogP contribution in [-0.2, 0) is 19.2 Å². The molecule has 0 aliphatic carbocycles. The number of halogens is 1. The van der Waals surface area contributed by atoms with E-state index in [0.29, 0.717) is 19.0 Å². The zero-order valence-corrected chi connectivity index (χ0v) is 20.1. The molecule has 1 atom stereocenters. The van der Waals surface area contributed by atoms with Crippen LogP contribution in [0.1, 0.15) is 30.6 Å². The number of rotatable bonds is 9. The number of aliphatic imine (C=N–C) groups is 1. The molecular formula is C19H31IN6OS. The number of nitrogens with zero attached hydrogens (tertiary/aromatic N) is 4. The van der Waals surface area contributed by atoms with Crippen molar-refractivity contribution in [1.29, 1.82) is 0 Å². The minimum atomic E-state index is -0.996. The van der Waals surface area contributed by atoms with Crippen molar-refractivity contribution in [2.24, 2.45) is 12.0 Å². The van der Waals surface area contributed by atoms with E-state index >= 15 is 0 Å². The van der Waals surface area contributed by atoms with E-state index in [0.717, 1.165) is 35.9 Å². The average Bonchev–Trinajstić information content (AvgIpc) is 2.99. The van der Waals surface area contributed by atoms with Crippen molar-refractivity contribution >= 4 is 41.7 Å². The van der Waals surface area contributed by atoms with Gasteiger partial charge in [-0.2, -0.15) is 11.8 Å². The van der Waals surface area contributed by atoms with Gasteiger partial charge in [-0.1, -0.05) is 30.3 Å². The molecule has 1 aromatic carbocycles. The third-order valence-electron chi connectivity index (χ3n) is 4.37. The molecule has 0 aliphatic heterocycles. The number of benzene rings is 1. The highest BCUT2D eigenvalue weighted by Crippen LogP contribution is 2.18. The lowest BCUT2D eigenvalue weighted by atomic mass is 9.96. The third kappa shape index (κ3) is 7.59. The molecule has 1 aromatic heterocycles. The summed E-state index contributed by atoms with van der Waals surface area (Å²) in [4.78, 5) is 4.62. The highest BCUT2D eigenvalue weighted by atomic mass is 127. The molecule has 0 aliphatic rings. The van der Waals surface area contributed by atoms with E-state index in [2.05, 4.69) is 32.1 Å². The predicted octanol–water partition coefficient (Wildman–Crippen LogP) is 2.44. The van der Waals surface area contributed by atoms with Gasteiger partial charge in [0, 0.05) is 13.6 Å². The largest absolute Gasteiger partial charge is 0.384 e. The van der Waals surface area contributed by atoms with Gasteiger partial charge in [0.1, 0.15) is 18.0 Å². The highest BCUT2D eigenvalue weighted by molar-refractivity contribution is 14.0. The summed E-state index contributed by atoms with van der Waals surface area (Å²) in [7, 11) is 1.93. The second kappa shape index (κ2) is 12.3. The quantitative estimate of drug-likeness (QED) is 0.205. The monoisotopic (exact) mass is 518 g/mol. The number of aromatic nitrogens is 3. The maximum Gasteiger partial charge on any atom is 0.191 e. The Hall–Kier alpha value is -1.33. The van der Waals surface area contributed by atoms with Gasteiger partial charge in [0.2, 0.25) is 0 Å². The lowest BCUT2D eigenvalue weighted by Crippen LogP contribution is -2.45. The Labute approximate surface area is 188 Å². The fraction of sp³-hybridized carbons (Fsp3) is 0.526. The first kappa shape index (κ1) is 24.7. The molecule has 2 rings (SSSR count). The van der Waals surface area contributed by atoms with E-state index in [1.54, 1.807) is 6.92 Å². The molecule has 0 saturated carbocycles. The van der Waals surface area contributed by atoms with E-state index in [9.17, 15) is 5.11 Å². The molecule has 2 aromatic rings. The van der Waals surface area contributed by atoms with Crippen LogP contribution in [0.25, 0.3) is 0 Å². The normalized spacial score (nSPS) is 13.5. The number of nitrogens with one attached hydrogen (secondary N) is 2. The van der Waals surface area contributed by atoms with Crippen LogP contribution in [0, 0.1) is 6.92 Å². The third-order valence-corrected chi connectivity index (χ3v) is 5.07. The topological polar surface area (TPSA) is 87.4 Å². The van der Waals surface area contributed by atoms with Crippen molar-refractivity contribution < 1.29 is 5.11 Å². The molecule has 28 heavy (non-hydrogen) atoms. The molecule has 0 bridgehead atoms. The highest BCUT2D eigenvalue weighted by Gasteiger charge is 2.23. The molecule has 0 spiro atoms. The molecule has 9 heteroatoms. The first-order valence-electron chi connectivity index (χ1n) is 9.08. The number of guanidine groups is 1. The predicted molar refractivity (Wildman–Crippen MR) is 127 cm³/mol. The minimum Gasteiger partial charge on any atom is -0.384 e. The van der Waals surface area contributed by atoms with Gasteiger partial charge in [0.15, 0.2) is 11.8 Å². The zero-order valence-electron chi connectivity index (χ0n) is 17.0. The summed E-state index contributed by atoms with van der Waals surface area (Å²) in [5, 5.41) is 25.6. The summed E-state index contributed by atoms with van der Waals surface area (Å²) in [6, 6.07) is 9.64. The lowest BCUT2D eigenvalue weighted by Gasteiger charge is -2.25. The second-order valence-corrected chi connectivity index (χ2v) is 7.64. The van der Waals surface area contributed by atoms with Crippen LogP contribution in [0.15, 0.2) is 35.3 Å². The lowest BCUT2D eigenvalue weighted by molar-refractivity contribution is 0.0617. The molecule has 0 fully saturated rings. The Balaban J connectivity index is 0.00000392. The number of aryl methyl sites for hydroxylation is 1. The summed E-state index contributed by atoms with van der Waals surface area (Å²) in [6.45, 7) is 5.30. The van der Waals surface area contributed by atoms with Crippen LogP contribution in [0.4, 0.5) is 0 Å². The van der Waals surface area contributed by atoms with Crippen LogP contribution in [0.2, 0.25) is 0 Å². The summed E-state index contributed by atoms with van der Waals surface area (Å²) in [5.41, 5.74) is -0.132. The zero-order chi connectivity index (χ0) is 19.7.